The Labute approximate surface area is 202 Å². The lowest BCUT2D eigenvalue weighted by atomic mass is 10.0. The van der Waals surface area contributed by atoms with Crippen LogP contribution in [0.15, 0.2) is 132 Å². The topological polar surface area (TPSA) is 6.48 Å². The van der Waals surface area contributed by atoms with Crippen LogP contribution < -0.4 is 9.80 Å². The third kappa shape index (κ3) is 3.42. The Bertz CT molecular complexity index is 1380. The van der Waals surface area contributed by atoms with Crippen LogP contribution in [-0.2, 0) is 0 Å². The van der Waals surface area contributed by atoms with Gasteiger partial charge >= 0.3 is 0 Å². The molecule has 0 spiro atoms. The molecule has 33 heavy (non-hydrogen) atoms. The zero-order valence-electron chi connectivity index (χ0n) is 17.9. The lowest BCUT2D eigenvalue weighted by Crippen LogP contribution is -2.24. The van der Waals surface area contributed by atoms with Crippen LogP contribution in [-0.4, -0.2) is 0 Å². The van der Waals surface area contributed by atoms with E-state index in [1.54, 1.807) is 0 Å². The minimum absolute atomic E-state index is 1.07. The SMILES string of the molecule is Brc1ccccc1N1c2ccccc2N(c2ccc(-c3ccccc3)cc2)c2ccccc21. The molecule has 0 fully saturated rings. The van der Waals surface area contributed by atoms with Gasteiger partial charge in [-0.25, -0.2) is 0 Å². The Morgan fingerprint density at radius 1 is 0.364 bits per heavy atom. The standard InChI is InChI=1S/C30H21BrN2/c31-25-12-4-5-13-26(25)33-29-16-8-6-14-27(29)32(28-15-7-9-17-30(28)33)24-20-18-23(19-21-24)22-10-2-1-3-11-22/h1-21H. The van der Waals surface area contributed by atoms with Crippen molar-refractivity contribution in [2.24, 2.45) is 0 Å². The molecular formula is C30H21BrN2. The van der Waals surface area contributed by atoms with E-state index >= 15 is 0 Å². The molecule has 3 heteroatoms. The summed E-state index contributed by atoms with van der Waals surface area (Å²) in [5.41, 5.74) is 9.30. The van der Waals surface area contributed by atoms with E-state index < -0.39 is 0 Å². The summed E-state index contributed by atoms with van der Waals surface area (Å²) in [7, 11) is 0. The average Bonchev–Trinajstić information content (AvgIpc) is 2.88. The van der Waals surface area contributed by atoms with Gasteiger partial charge in [0.25, 0.3) is 0 Å². The number of hydrogen-bond acceptors (Lipinski definition) is 2. The van der Waals surface area contributed by atoms with Crippen LogP contribution >= 0.6 is 15.9 Å². The second-order valence-corrected chi connectivity index (χ2v) is 8.87. The van der Waals surface area contributed by atoms with E-state index in [4.69, 9.17) is 0 Å². The molecule has 0 aromatic heterocycles. The number of para-hydroxylation sites is 5. The van der Waals surface area contributed by atoms with Crippen molar-refractivity contribution >= 4 is 50.1 Å². The van der Waals surface area contributed by atoms with Gasteiger partial charge < -0.3 is 9.80 Å². The minimum Gasteiger partial charge on any atom is -0.306 e. The van der Waals surface area contributed by atoms with E-state index in [1.165, 1.54) is 11.1 Å². The van der Waals surface area contributed by atoms with Gasteiger partial charge in [-0.05, 0) is 75.6 Å². The summed E-state index contributed by atoms with van der Waals surface area (Å²) >= 11 is 3.77. The predicted molar refractivity (Wildman–Crippen MR) is 143 cm³/mol. The summed E-state index contributed by atoms with van der Waals surface area (Å²) in [6, 6.07) is 44.9. The fourth-order valence-corrected chi connectivity index (χ4v) is 5.01. The van der Waals surface area contributed by atoms with E-state index in [0.29, 0.717) is 0 Å². The van der Waals surface area contributed by atoms with Crippen molar-refractivity contribution in [3.8, 4) is 11.1 Å². The van der Waals surface area contributed by atoms with Crippen molar-refractivity contribution < 1.29 is 0 Å². The number of halogens is 1. The van der Waals surface area contributed by atoms with Gasteiger partial charge in [0.2, 0.25) is 0 Å². The van der Waals surface area contributed by atoms with Crippen molar-refractivity contribution in [2.75, 3.05) is 9.80 Å². The molecule has 0 unspecified atom stereocenters. The normalized spacial score (nSPS) is 12.3. The smallest absolute Gasteiger partial charge is 0.0703 e. The van der Waals surface area contributed by atoms with Crippen molar-refractivity contribution in [2.45, 2.75) is 0 Å². The molecule has 158 valence electrons. The number of anilines is 6. The molecule has 0 N–H and O–H groups in total. The Morgan fingerprint density at radius 2 is 0.788 bits per heavy atom. The van der Waals surface area contributed by atoms with Gasteiger partial charge in [0.15, 0.2) is 0 Å². The van der Waals surface area contributed by atoms with E-state index in [2.05, 4.69) is 153 Å². The average molecular weight is 489 g/mol. The molecule has 1 aliphatic heterocycles. The molecule has 5 aromatic rings. The Hall–Kier alpha value is -3.82. The highest BCUT2D eigenvalue weighted by atomic mass is 79.9. The summed E-state index contributed by atoms with van der Waals surface area (Å²) in [5.74, 6) is 0. The van der Waals surface area contributed by atoms with Gasteiger partial charge in [0, 0.05) is 10.2 Å². The van der Waals surface area contributed by atoms with Crippen LogP contribution in [0, 0.1) is 0 Å². The van der Waals surface area contributed by atoms with Crippen LogP contribution in [0.2, 0.25) is 0 Å². The maximum Gasteiger partial charge on any atom is 0.0703 e. The van der Waals surface area contributed by atoms with Crippen molar-refractivity contribution in [3.05, 3.63) is 132 Å². The summed E-state index contributed by atoms with van der Waals surface area (Å²) in [4.78, 5) is 4.69. The second kappa shape index (κ2) is 8.27. The highest BCUT2D eigenvalue weighted by molar-refractivity contribution is 9.10. The number of rotatable bonds is 3. The molecular weight excluding hydrogens is 468 g/mol. The minimum atomic E-state index is 1.07. The Morgan fingerprint density at radius 3 is 1.33 bits per heavy atom. The maximum absolute atomic E-state index is 3.77. The summed E-state index contributed by atoms with van der Waals surface area (Å²) in [6.07, 6.45) is 0. The van der Waals surface area contributed by atoms with Crippen LogP contribution in [0.5, 0.6) is 0 Å². The fraction of sp³-hybridized carbons (Fsp3) is 0. The molecule has 0 saturated heterocycles. The monoisotopic (exact) mass is 488 g/mol. The van der Waals surface area contributed by atoms with Crippen molar-refractivity contribution in [1.29, 1.82) is 0 Å². The van der Waals surface area contributed by atoms with E-state index in [0.717, 1.165) is 38.6 Å². The van der Waals surface area contributed by atoms with Crippen molar-refractivity contribution in [1.82, 2.24) is 0 Å². The largest absolute Gasteiger partial charge is 0.306 e. The molecule has 0 saturated carbocycles. The second-order valence-electron chi connectivity index (χ2n) is 8.01. The maximum atomic E-state index is 3.77. The summed E-state index contributed by atoms with van der Waals surface area (Å²) < 4.78 is 1.07. The molecule has 0 radical (unpaired) electrons. The highest BCUT2D eigenvalue weighted by Crippen LogP contribution is 2.54. The molecule has 5 aromatic carbocycles. The van der Waals surface area contributed by atoms with Crippen LogP contribution in [0.1, 0.15) is 0 Å². The van der Waals surface area contributed by atoms with Crippen molar-refractivity contribution in [3.63, 3.8) is 0 Å². The molecule has 2 nitrogen and oxygen atoms in total. The molecule has 1 heterocycles. The summed E-state index contributed by atoms with van der Waals surface area (Å²) in [6.45, 7) is 0. The lowest BCUT2D eigenvalue weighted by molar-refractivity contribution is 1.17. The lowest BCUT2D eigenvalue weighted by Gasteiger charge is -2.40. The van der Waals surface area contributed by atoms with Gasteiger partial charge in [0.1, 0.15) is 0 Å². The quantitative estimate of drug-likeness (QED) is 0.244. The van der Waals surface area contributed by atoms with Crippen LogP contribution in [0.3, 0.4) is 0 Å². The van der Waals surface area contributed by atoms with E-state index in [1.807, 2.05) is 0 Å². The first-order valence-electron chi connectivity index (χ1n) is 11.0. The summed E-state index contributed by atoms with van der Waals surface area (Å²) in [5, 5.41) is 0. The number of nitrogens with zero attached hydrogens (tertiary/aromatic N) is 2. The van der Waals surface area contributed by atoms with Crippen LogP contribution in [0.4, 0.5) is 34.1 Å². The predicted octanol–water partition coefficient (Wildman–Crippen LogP) is 9.37. The first-order chi connectivity index (χ1) is 16.3. The molecule has 0 aliphatic carbocycles. The molecule has 0 atom stereocenters. The van der Waals surface area contributed by atoms with Crippen LogP contribution in [0.25, 0.3) is 11.1 Å². The molecule has 0 amide bonds. The highest BCUT2D eigenvalue weighted by Gasteiger charge is 2.30. The zero-order valence-corrected chi connectivity index (χ0v) is 19.5. The number of fused-ring (bicyclic) bond motifs is 2. The Balaban J connectivity index is 1.52. The molecule has 0 bridgehead atoms. The molecule has 1 aliphatic rings. The Kier molecular flexibility index (Phi) is 4.97. The number of benzene rings is 5. The van der Waals surface area contributed by atoms with Gasteiger partial charge in [-0.2, -0.15) is 0 Å². The van der Waals surface area contributed by atoms with E-state index in [9.17, 15) is 0 Å². The van der Waals surface area contributed by atoms with Gasteiger partial charge in [0.05, 0.1) is 28.4 Å². The first kappa shape index (κ1) is 19.8. The first-order valence-corrected chi connectivity index (χ1v) is 11.8. The van der Waals surface area contributed by atoms with E-state index in [-0.39, 0.29) is 0 Å². The fourth-order valence-electron chi connectivity index (χ4n) is 4.55. The third-order valence-electron chi connectivity index (χ3n) is 6.05. The molecule has 6 rings (SSSR count). The van der Waals surface area contributed by atoms with Gasteiger partial charge in [-0.1, -0.05) is 78.9 Å². The van der Waals surface area contributed by atoms with Gasteiger partial charge in [-0.15, -0.1) is 0 Å². The third-order valence-corrected chi connectivity index (χ3v) is 6.72. The number of hydrogen-bond donors (Lipinski definition) is 0. The van der Waals surface area contributed by atoms with Gasteiger partial charge in [-0.3, -0.25) is 0 Å². The zero-order chi connectivity index (χ0) is 22.2.